The Morgan fingerprint density at radius 3 is 2.42 bits per heavy atom. The van der Waals surface area contributed by atoms with Crippen molar-refractivity contribution in [3.05, 3.63) is 35.9 Å². The van der Waals surface area contributed by atoms with E-state index in [1.54, 1.807) is 0 Å². The van der Waals surface area contributed by atoms with Gasteiger partial charge in [-0.05, 0) is 31.9 Å². The smallest absolute Gasteiger partial charge is 0.0741 e. The van der Waals surface area contributed by atoms with Crippen molar-refractivity contribution in [1.29, 1.82) is 0 Å². The first kappa shape index (κ1) is 16.2. The first-order valence-corrected chi connectivity index (χ1v) is 7.69. The Morgan fingerprint density at radius 2 is 1.79 bits per heavy atom. The molecule has 0 saturated carbocycles. The molecule has 0 aromatic heterocycles. The van der Waals surface area contributed by atoms with Gasteiger partial charge < -0.3 is 10.1 Å². The first-order chi connectivity index (χ1) is 9.29. The Balaban J connectivity index is 2.53. The van der Waals surface area contributed by atoms with E-state index < -0.39 is 0 Å². The molecule has 0 bridgehead atoms. The van der Waals surface area contributed by atoms with Gasteiger partial charge in [0.2, 0.25) is 0 Å². The van der Waals surface area contributed by atoms with Crippen LogP contribution in [-0.4, -0.2) is 19.3 Å². The van der Waals surface area contributed by atoms with E-state index in [0.717, 1.165) is 26.0 Å². The molecule has 1 N–H and O–H groups in total. The summed E-state index contributed by atoms with van der Waals surface area (Å²) < 4.78 is 6.00. The van der Waals surface area contributed by atoms with Crippen molar-refractivity contribution >= 4 is 0 Å². The minimum Gasteiger partial charge on any atom is -0.377 e. The van der Waals surface area contributed by atoms with E-state index in [9.17, 15) is 0 Å². The van der Waals surface area contributed by atoms with Crippen LogP contribution >= 0.6 is 0 Å². The van der Waals surface area contributed by atoms with Crippen LogP contribution < -0.4 is 5.32 Å². The molecule has 0 heterocycles. The number of hydrogen-bond donors (Lipinski definition) is 1. The van der Waals surface area contributed by atoms with Gasteiger partial charge in [-0.25, -0.2) is 0 Å². The quantitative estimate of drug-likeness (QED) is 0.635. The van der Waals surface area contributed by atoms with Gasteiger partial charge in [0.05, 0.1) is 12.1 Å². The zero-order chi connectivity index (χ0) is 13.9. The SMILES string of the molecule is CCCCCOC(C)C(NCCC)c1ccccc1. The van der Waals surface area contributed by atoms with Gasteiger partial charge in [0.15, 0.2) is 0 Å². The summed E-state index contributed by atoms with van der Waals surface area (Å²) in [6, 6.07) is 10.9. The lowest BCUT2D eigenvalue weighted by Crippen LogP contribution is -2.32. The van der Waals surface area contributed by atoms with Crippen LogP contribution in [0.15, 0.2) is 30.3 Å². The number of ether oxygens (including phenoxy) is 1. The fraction of sp³-hybridized carbons (Fsp3) is 0.647. The number of unbranched alkanes of at least 4 members (excludes halogenated alkanes) is 2. The predicted molar refractivity (Wildman–Crippen MR) is 82.4 cm³/mol. The summed E-state index contributed by atoms with van der Waals surface area (Å²) >= 11 is 0. The Kier molecular flexibility index (Phi) is 8.52. The molecule has 0 aliphatic rings. The molecule has 0 amide bonds. The van der Waals surface area contributed by atoms with E-state index in [2.05, 4.69) is 56.4 Å². The van der Waals surface area contributed by atoms with Gasteiger partial charge in [-0.2, -0.15) is 0 Å². The molecule has 1 rings (SSSR count). The standard InChI is InChI=1S/C17H29NO/c1-4-6-10-14-19-15(3)17(18-13-5-2)16-11-8-7-9-12-16/h7-9,11-12,15,17-18H,4-6,10,13-14H2,1-3H3. The minimum atomic E-state index is 0.214. The first-order valence-electron chi connectivity index (χ1n) is 7.69. The molecule has 2 atom stereocenters. The number of hydrogen-bond acceptors (Lipinski definition) is 2. The zero-order valence-corrected chi connectivity index (χ0v) is 12.7. The molecular formula is C17H29NO. The van der Waals surface area contributed by atoms with Crippen molar-refractivity contribution in [2.24, 2.45) is 0 Å². The van der Waals surface area contributed by atoms with Crippen LogP contribution in [0.1, 0.15) is 58.1 Å². The van der Waals surface area contributed by atoms with E-state index in [4.69, 9.17) is 4.74 Å². The second-order valence-corrected chi connectivity index (χ2v) is 5.13. The highest BCUT2D eigenvalue weighted by atomic mass is 16.5. The summed E-state index contributed by atoms with van der Waals surface area (Å²) in [5, 5.41) is 3.60. The summed E-state index contributed by atoms with van der Waals surface area (Å²) in [7, 11) is 0. The average Bonchev–Trinajstić information content (AvgIpc) is 2.45. The summed E-state index contributed by atoms with van der Waals surface area (Å²) in [4.78, 5) is 0. The highest BCUT2D eigenvalue weighted by Gasteiger charge is 2.18. The highest BCUT2D eigenvalue weighted by molar-refractivity contribution is 5.19. The van der Waals surface area contributed by atoms with E-state index in [1.165, 1.54) is 18.4 Å². The van der Waals surface area contributed by atoms with Crippen molar-refractivity contribution in [3.8, 4) is 0 Å². The molecule has 19 heavy (non-hydrogen) atoms. The normalized spacial score (nSPS) is 14.3. The van der Waals surface area contributed by atoms with Gasteiger partial charge in [-0.3, -0.25) is 0 Å². The topological polar surface area (TPSA) is 21.3 Å². The van der Waals surface area contributed by atoms with Crippen LogP contribution in [0.5, 0.6) is 0 Å². The molecule has 0 aliphatic carbocycles. The Bertz CT molecular complexity index is 312. The summed E-state index contributed by atoms with van der Waals surface area (Å²) in [5.74, 6) is 0. The second-order valence-electron chi connectivity index (χ2n) is 5.13. The molecule has 1 aromatic rings. The molecule has 108 valence electrons. The summed E-state index contributed by atoms with van der Waals surface area (Å²) in [5.41, 5.74) is 1.32. The third kappa shape index (κ3) is 6.22. The minimum absolute atomic E-state index is 0.214. The maximum absolute atomic E-state index is 6.00. The van der Waals surface area contributed by atoms with E-state index in [0.29, 0.717) is 6.04 Å². The molecule has 2 unspecified atom stereocenters. The van der Waals surface area contributed by atoms with E-state index in [1.807, 2.05) is 0 Å². The fourth-order valence-corrected chi connectivity index (χ4v) is 2.23. The summed E-state index contributed by atoms with van der Waals surface area (Å²) in [6.07, 6.45) is 5.02. The van der Waals surface area contributed by atoms with E-state index in [-0.39, 0.29) is 6.10 Å². The molecule has 0 radical (unpaired) electrons. The van der Waals surface area contributed by atoms with Crippen molar-refractivity contribution < 1.29 is 4.74 Å². The van der Waals surface area contributed by atoms with Crippen molar-refractivity contribution in [2.45, 2.75) is 58.6 Å². The Labute approximate surface area is 118 Å². The van der Waals surface area contributed by atoms with Crippen LogP contribution in [0.25, 0.3) is 0 Å². The molecule has 1 aromatic carbocycles. The lowest BCUT2D eigenvalue weighted by molar-refractivity contribution is 0.0363. The predicted octanol–water partition coefficient (Wildman–Crippen LogP) is 4.32. The van der Waals surface area contributed by atoms with Gasteiger partial charge in [-0.15, -0.1) is 0 Å². The monoisotopic (exact) mass is 263 g/mol. The number of benzene rings is 1. The second kappa shape index (κ2) is 9.99. The maximum atomic E-state index is 6.00. The van der Waals surface area contributed by atoms with Gasteiger partial charge in [0.25, 0.3) is 0 Å². The van der Waals surface area contributed by atoms with Crippen LogP contribution in [0.4, 0.5) is 0 Å². The molecule has 0 fully saturated rings. The average molecular weight is 263 g/mol. The third-order valence-corrected chi connectivity index (χ3v) is 3.37. The lowest BCUT2D eigenvalue weighted by Gasteiger charge is -2.26. The van der Waals surface area contributed by atoms with Crippen molar-refractivity contribution in [2.75, 3.05) is 13.2 Å². The zero-order valence-electron chi connectivity index (χ0n) is 12.7. The van der Waals surface area contributed by atoms with Crippen LogP contribution in [0.3, 0.4) is 0 Å². The van der Waals surface area contributed by atoms with Gasteiger partial charge in [-0.1, -0.05) is 57.0 Å². The van der Waals surface area contributed by atoms with Crippen molar-refractivity contribution in [1.82, 2.24) is 5.32 Å². The number of nitrogens with one attached hydrogen (secondary N) is 1. The van der Waals surface area contributed by atoms with Crippen LogP contribution in [0, 0.1) is 0 Å². The molecule has 2 heteroatoms. The summed E-state index contributed by atoms with van der Waals surface area (Å²) in [6.45, 7) is 8.49. The number of rotatable bonds is 10. The van der Waals surface area contributed by atoms with Gasteiger partial charge >= 0.3 is 0 Å². The highest BCUT2D eigenvalue weighted by Crippen LogP contribution is 2.19. The van der Waals surface area contributed by atoms with Gasteiger partial charge in [0, 0.05) is 6.61 Å². The largest absolute Gasteiger partial charge is 0.377 e. The fourth-order valence-electron chi connectivity index (χ4n) is 2.23. The lowest BCUT2D eigenvalue weighted by atomic mass is 10.0. The molecule has 0 spiro atoms. The Morgan fingerprint density at radius 1 is 1.05 bits per heavy atom. The third-order valence-electron chi connectivity index (χ3n) is 3.37. The molecule has 0 aliphatic heterocycles. The molecule has 2 nitrogen and oxygen atoms in total. The van der Waals surface area contributed by atoms with Crippen molar-refractivity contribution in [3.63, 3.8) is 0 Å². The van der Waals surface area contributed by atoms with E-state index >= 15 is 0 Å². The van der Waals surface area contributed by atoms with Gasteiger partial charge in [0.1, 0.15) is 0 Å². The Hall–Kier alpha value is -0.860. The molecular weight excluding hydrogens is 234 g/mol. The van der Waals surface area contributed by atoms with Crippen LogP contribution in [0.2, 0.25) is 0 Å². The molecule has 0 saturated heterocycles. The maximum Gasteiger partial charge on any atom is 0.0741 e. The van der Waals surface area contributed by atoms with Crippen LogP contribution in [-0.2, 0) is 4.74 Å².